The Morgan fingerprint density at radius 1 is 1.60 bits per heavy atom. The Morgan fingerprint density at radius 2 is 2.20 bits per heavy atom. The summed E-state index contributed by atoms with van der Waals surface area (Å²) in [6, 6.07) is 7.76. The van der Waals surface area contributed by atoms with Crippen LogP contribution < -0.4 is 4.72 Å². The zero-order chi connectivity index (χ0) is 11.3. The summed E-state index contributed by atoms with van der Waals surface area (Å²) in [4.78, 5) is 10.2. The predicted octanol–water partition coefficient (Wildman–Crippen LogP) is 1.07. The molecule has 0 radical (unpaired) electrons. The van der Waals surface area contributed by atoms with E-state index in [0.717, 1.165) is 23.1 Å². The number of aliphatic carboxylic acids is 1. The molecule has 1 unspecified atom stereocenters. The van der Waals surface area contributed by atoms with Crippen LogP contribution >= 0.6 is 0 Å². The van der Waals surface area contributed by atoms with E-state index in [2.05, 4.69) is 11.3 Å². The fourth-order valence-electron chi connectivity index (χ4n) is 1.05. The highest BCUT2D eigenvalue weighted by Crippen LogP contribution is 2.20. The summed E-state index contributed by atoms with van der Waals surface area (Å²) in [5, 5.41) is 7.60. The Balaban J connectivity index is 0.000000195. The number of rotatable bonds is 1. The molecular formula is C10H11NO3S. The molecule has 0 aliphatic carbocycles. The fourth-order valence-corrected chi connectivity index (χ4v) is 2.07. The lowest BCUT2D eigenvalue weighted by atomic mass is 10.2. The van der Waals surface area contributed by atoms with E-state index in [-0.39, 0.29) is 0 Å². The van der Waals surface area contributed by atoms with E-state index in [1.54, 1.807) is 0 Å². The van der Waals surface area contributed by atoms with Crippen molar-refractivity contribution in [2.75, 3.05) is 0 Å². The maximum absolute atomic E-state index is 11.1. The number of carboxylic acid groups (broad SMARTS) is 1. The first-order valence-electron chi connectivity index (χ1n) is 4.23. The third-order valence-electron chi connectivity index (χ3n) is 1.74. The maximum Gasteiger partial charge on any atom is 0.327 e. The molecule has 5 heteroatoms. The average Bonchev–Trinajstić information content (AvgIpc) is 2.62. The van der Waals surface area contributed by atoms with Crippen LogP contribution in [0.25, 0.3) is 0 Å². The minimum absolute atomic E-state index is 0.739. The van der Waals surface area contributed by atoms with Gasteiger partial charge in [0.25, 0.3) is 0 Å². The number of carbonyl (C=O) groups is 1. The van der Waals surface area contributed by atoms with Crippen molar-refractivity contribution in [3.8, 4) is 0 Å². The molecule has 1 aromatic carbocycles. The van der Waals surface area contributed by atoms with Crippen LogP contribution in [0.4, 0.5) is 0 Å². The number of benzene rings is 1. The zero-order valence-corrected chi connectivity index (χ0v) is 8.79. The summed E-state index contributed by atoms with van der Waals surface area (Å²) in [7, 11) is 0. The minimum atomic E-state index is -0.981. The summed E-state index contributed by atoms with van der Waals surface area (Å²) in [6.45, 7) is 3.70. The van der Waals surface area contributed by atoms with Crippen molar-refractivity contribution < 1.29 is 14.5 Å². The van der Waals surface area contributed by atoms with Gasteiger partial charge in [0.05, 0.1) is 17.9 Å². The van der Waals surface area contributed by atoms with Gasteiger partial charge in [-0.25, -0.2) is 4.79 Å². The number of carboxylic acids is 1. The minimum Gasteiger partial charge on any atom is -0.593 e. The first-order valence-corrected chi connectivity index (χ1v) is 5.38. The monoisotopic (exact) mass is 225 g/mol. The molecule has 0 aromatic heterocycles. The number of hydrogen-bond acceptors (Lipinski definition) is 3. The first-order chi connectivity index (χ1) is 7.15. The van der Waals surface area contributed by atoms with Crippen LogP contribution in [0.15, 0.2) is 41.8 Å². The van der Waals surface area contributed by atoms with E-state index >= 15 is 0 Å². The van der Waals surface area contributed by atoms with Crippen molar-refractivity contribution in [3.05, 3.63) is 42.5 Å². The molecule has 15 heavy (non-hydrogen) atoms. The van der Waals surface area contributed by atoms with Crippen LogP contribution in [0.3, 0.4) is 0 Å². The molecule has 1 aromatic rings. The number of fused-ring (bicyclic) bond motifs is 1. The van der Waals surface area contributed by atoms with Gasteiger partial charge in [0.15, 0.2) is 4.90 Å². The highest BCUT2D eigenvalue weighted by molar-refractivity contribution is 7.89. The van der Waals surface area contributed by atoms with Gasteiger partial charge in [0.2, 0.25) is 0 Å². The summed E-state index contributed by atoms with van der Waals surface area (Å²) < 4.78 is 13.9. The molecule has 0 fully saturated rings. The summed E-state index contributed by atoms with van der Waals surface area (Å²) in [5.41, 5.74) is 1.15. The predicted molar refractivity (Wildman–Crippen MR) is 57.5 cm³/mol. The van der Waals surface area contributed by atoms with Crippen LogP contribution in [0.1, 0.15) is 5.56 Å². The molecule has 1 atom stereocenters. The summed E-state index contributed by atoms with van der Waals surface area (Å²) in [6.07, 6.45) is 0.833. The Hall–Kier alpha value is -1.30. The highest BCUT2D eigenvalue weighted by Gasteiger charge is 2.22. The Morgan fingerprint density at radius 3 is 2.73 bits per heavy atom. The molecular weight excluding hydrogens is 214 g/mol. The van der Waals surface area contributed by atoms with E-state index in [4.69, 9.17) is 5.11 Å². The van der Waals surface area contributed by atoms with Gasteiger partial charge >= 0.3 is 5.97 Å². The normalized spacial score (nSPS) is 17.3. The highest BCUT2D eigenvalue weighted by atomic mass is 32.2. The maximum atomic E-state index is 11.1. The topological polar surface area (TPSA) is 72.4 Å². The summed E-state index contributed by atoms with van der Waals surface area (Å²) in [5.74, 6) is -0.981. The zero-order valence-electron chi connectivity index (χ0n) is 7.97. The van der Waals surface area contributed by atoms with Crippen LogP contribution in [0, 0.1) is 0 Å². The van der Waals surface area contributed by atoms with Gasteiger partial charge in [-0.1, -0.05) is 24.8 Å². The molecule has 2 rings (SSSR count). The Bertz CT molecular complexity index is 367. The molecule has 0 saturated carbocycles. The molecule has 1 heterocycles. The standard InChI is InChI=1S/C7H7NOS.C3H4O2/c9-10-7-4-2-1-3-6(7)5-8-10;1-2-3(4)5/h1-4,8H,5H2;2H,1H2,(H,4,5). The molecule has 0 bridgehead atoms. The SMILES string of the molecule is C=CC(=O)O.[O-][S+]1NCc2ccccc21. The molecule has 1 aliphatic heterocycles. The van der Waals surface area contributed by atoms with Gasteiger partial charge in [0, 0.05) is 11.6 Å². The molecule has 0 saturated heterocycles. The van der Waals surface area contributed by atoms with Gasteiger partial charge in [-0.2, -0.15) is 0 Å². The quantitative estimate of drug-likeness (QED) is 0.554. The Labute approximate surface area is 90.9 Å². The molecule has 1 aliphatic rings. The van der Waals surface area contributed by atoms with Crippen LogP contribution in [-0.2, 0) is 22.7 Å². The third-order valence-corrected chi connectivity index (χ3v) is 2.94. The van der Waals surface area contributed by atoms with Gasteiger partial charge in [0.1, 0.15) is 0 Å². The van der Waals surface area contributed by atoms with Crippen molar-refractivity contribution in [2.45, 2.75) is 11.4 Å². The van der Waals surface area contributed by atoms with Gasteiger partial charge in [-0.05, 0) is 6.07 Å². The van der Waals surface area contributed by atoms with Gasteiger partial charge in [-0.3, -0.25) is 0 Å². The number of hydrogen-bond donors (Lipinski definition) is 2. The fraction of sp³-hybridized carbons (Fsp3) is 0.100. The van der Waals surface area contributed by atoms with Crippen molar-refractivity contribution in [1.82, 2.24) is 4.72 Å². The van der Waals surface area contributed by atoms with Crippen molar-refractivity contribution in [2.24, 2.45) is 0 Å². The van der Waals surface area contributed by atoms with Crippen molar-refractivity contribution in [3.63, 3.8) is 0 Å². The lowest BCUT2D eigenvalue weighted by Gasteiger charge is -1.99. The average molecular weight is 225 g/mol. The van der Waals surface area contributed by atoms with E-state index < -0.39 is 17.3 Å². The van der Waals surface area contributed by atoms with Crippen molar-refractivity contribution in [1.29, 1.82) is 0 Å². The second kappa shape index (κ2) is 5.55. The van der Waals surface area contributed by atoms with E-state index in [0.29, 0.717) is 0 Å². The third kappa shape index (κ3) is 3.39. The lowest BCUT2D eigenvalue weighted by Crippen LogP contribution is -2.13. The molecule has 2 N–H and O–H groups in total. The second-order valence-electron chi connectivity index (χ2n) is 2.74. The van der Waals surface area contributed by atoms with Crippen LogP contribution in [-0.4, -0.2) is 15.6 Å². The van der Waals surface area contributed by atoms with E-state index in [1.165, 1.54) is 0 Å². The van der Waals surface area contributed by atoms with E-state index in [1.807, 2.05) is 24.3 Å². The Kier molecular flexibility index (Phi) is 4.36. The summed E-state index contributed by atoms with van der Waals surface area (Å²) >= 11 is -0.948. The van der Waals surface area contributed by atoms with E-state index in [9.17, 15) is 9.35 Å². The largest absolute Gasteiger partial charge is 0.593 e. The van der Waals surface area contributed by atoms with Crippen LogP contribution in [0.5, 0.6) is 0 Å². The molecule has 0 spiro atoms. The molecule has 80 valence electrons. The van der Waals surface area contributed by atoms with Gasteiger partial charge in [-0.15, -0.1) is 4.72 Å². The first kappa shape index (κ1) is 11.8. The number of nitrogens with one attached hydrogen (secondary N) is 1. The van der Waals surface area contributed by atoms with Gasteiger partial charge < -0.3 is 9.66 Å². The molecule has 4 nitrogen and oxygen atoms in total. The smallest absolute Gasteiger partial charge is 0.327 e. The van der Waals surface area contributed by atoms with Crippen molar-refractivity contribution >= 4 is 17.3 Å². The van der Waals surface area contributed by atoms with Crippen LogP contribution in [0.2, 0.25) is 0 Å². The lowest BCUT2D eigenvalue weighted by molar-refractivity contribution is -0.131. The molecule has 0 amide bonds. The second-order valence-corrected chi connectivity index (χ2v) is 4.01.